The maximum absolute atomic E-state index is 5.74. The van der Waals surface area contributed by atoms with Gasteiger partial charge in [0.15, 0.2) is 5.82 Å². The zero-order chi connectivity index (χ0) is 12.0. The lowest BCUT2D eigenvalue weighted by Gasteiger charge is -2.01. The van der Waals surface area contributed by atoms with Crippen LogP contribution in [0.1, 0.15) is 5.56 Å². The largest absolute Gasteiger partial charge is 0.382 e. The molecule has 0 aliphatic carbocycles. The van der Waals surface area contributed by atoms with Crippen molar-refractivity contribution in [2.75, 3.05) is 5.73 Å². The van der Waals surface area contributed by atoms with Crippen LogP contribution in [0.4, 0.5) is 5.82 Å². The van der Waals surface area contributed by atoms with Gasteiger partial charge in [0.2, 0.25) is 0 Å². The lowest BCUT2D eigenvalue weighted by Crippen LogP contribution is -2.00. The maximum atomic E-state index is 5.74. The van der Waals surface area contributed by atoms with Crippen molar-refractivity contribution < 1.29 is 0 Å². The van der Waals surface area contributed by atoms with E-state index >= 15 is 0 Å². The predicted octanol–water partition coefficient (Wildman–Crippen LogP) is 1.04. The molecule has 0 fully saturated rings. The molecular weight excluding hydrogens is 216 g/mol. The number of nitrogen functional groups attached to an aromatic ring is 1. The second-order valence-electron chi connectivity index (χ2n) is 4.00. The van der Waals surface area contributed by atoms with Crippen LogP contribution in [0.25, 0.3) is 16.9 Å². The van der Waals surface area contributed by atoms with Crippen LogP contribution in [-0.2, 0) is 7.05 Å². The second-order valence-corrected chi connectivity index (χ2v) is 4.00. The third-order valence-electron chi connectivity index (χ3n) is 2.78. The Bertz CT molecular complexity index is 674. The van der Waals surface area contributed by atoms with Gasteiger partial charge in [-0.25, -0.2) is 14.6 Å². The van der Waals surface area contributed by atoms with E-state index < -0.39 is 0 Å². The van der Waals surface area contributed by atoms with Gasteiger partial charge in [-0.3, -0.25) is 0 Å². The molecule has 6 heteroatoms. The van der Waals surface area contributed by atoms with E-state index in [0.717, 1.165) is 16.6 Å². The molecule has 0 aliphatic heterocycles. The van der Waals surface area contributed by atoms with Gasteiger partial charge in [-0.15, -0.1) is 5.10 Å². The van der Waals surface area contributed by atoms with Crippen LogP contribution in [0, 0.1) is 6.92 Å². The van der Waals surface area contributed by atoms with Gasteiger partial charge in [-0.1, -0.05) is 0 Å². The molecule has 2 N–H and O–H groups in total. The Hall–Kier alpha value is -2.37. The summed E-state index contributed by atoms with van der Waals surface area (Å²) in [5.74, 6) is 1.21. The molecule has 3 aromatic rings. The van der Waals surface area contributed by atoms with E-state index in [1.807, 2.05) is 30.8 Å². The van der Waals surface area contributed by atoms with Crippen molar-refractivity contribution in [3.05, 3.63) is 30.4 Å². The average molecular weight is 228 g/mol. The second kappa shape index (κ2) is 3.31. The summed E-state index contributed by atoms with van der Waals surface area (Å²) in [6.07, 6.45) is 5.36. The van der Waals surface area contributed by atoms with E-state index in [-0.39, 0.29) is 0 Å². The molecule has 0 unspecified atom stereocenters. The van der Waals surface area contributed by atoms with Crippen LogP contribution >= 0.6 is 0 Å². The highest BCUT2D eigenvalue weighted by Gasteiger charge is 2.10. The Labute approximate surface area is 97.7 Å². The normalized spacial score (nSPS) is 11.2. The number of rotatable bonds is 1. The fourth-order valence-corrected chi connectivity index (χ4v) is 1.80. The highest BCUT2D eigenvalue weighted by Crippen LogP contribution is 2.19. The number of anilines is 1. The van der Waals surface area contributed by atoms with Crippen molar-refractivity contribution in [1.82, 2.24) is 24.3 Å². The van der Waals surface area contributed by atoms with Crippen molar-refractivity contribution in [3.63, 3.8) is 0 Å². The van der Waals surface area contributed by atoms with Gasteiger partial charge in [-0.2, -0.15) is 0 Å². The summed E-state index contributed by atoms with van der Waals surface area (Å²) in [7, 11) is 1.95. The third-order valence-corrected chi connectivity index (χ3v) is 2.78. The molecule has 0 saturated carbocycles. The Kier molecular flexibility index (Phi) is 1.91. The van der Waals surface area contributed by atoms with Crippen LogP contribution in [0.15, 0.2) is 24.8 Å². The number of aryl methyl sites for hydroxylation is 2. The van der Waals surface area contributed by atoms with Crippen LogP contribution in [0.3, 0.4) is 0 Å². The van der Waals surface area contributed by atoms with Crippen molar-refractivity contribution >= 4 is 16.9 Å². The van der Waals surface area contributed by atoms with E-state index in [1.54, 1.807) is 17.2 Å². The summed E-state index contributed by atoms with van der Waals surface area (Å²) in [5.41, 5.74) is 8.50. The number of fused-ring (bicyclic) bond motifs is 1. The lowest BCUT2D eigenvalue weighted by molar-refractivity contribution is 0.857. The van der Waals surface area contributed by atoms with Crippen LogP contribution < -0.4 is 5.73 Å². The van der Waals surface area contributed by atoms with Gasteiger partial charge in [0.05, 0.1) is 11.8 Å². The molecule has 0 bridgehead atoms. The van der Waals surface area contributed by atoms with Gasteiger partial charge in [-0.05, 0) is 13.0 Å². The highest BCUT2D eigenvalue weighted by molar-refractivity contribution is 5.81. The number of pyridine rings is 1. The number of hydrogen-bond donors (Lipinski definition) is 1. The fraction of sp³-hybridized carbons (Fsp3) is 0.182. The summed E-state index contributed by atoms with van der Waals surface area (Å²) in [6, 6.07) is 1.92. The Morgan fingerprint density at radius 1 is 1.29 bits per heavy atom. The third kappa shape index (κ3) is 1.37. The molecule has 3 aromatic heterocycles. The number of aromatic nitrogens is 5. The van der Waals surface area contributed by atoms with Crippen LogP contribution in [0.5, 0.6) is 0 Å². The fourth-order valence-electron chi connectivity index (χ4n) is 1.80. The number of nitrogens with zero attached hydrogens (tertiary/aromatic N) is 5. The first-order chi connectivity index (χ1) is 8.16. The Morgan fingerprint density at radius 2 is 2.12 bits per heavy atom. The molecule has 17 heavy (non-hydrogen) atoms. The van der Waals surface area contributed by atoms with E-state index in [0.29, 0.717) is 11.6 Å². The molecule has 3 rings (SSSR count). The molecule has 0 aliphatic rings. The first-order valence-electron chi connectivity index (χ1n) is 5.25. The van der Waals surface area contributed by atoms with E-state index in [2.05, 4.69) is 15.1 Å². The molecule has 0 aromatic carbocycles. The molecule has 0 spiro atoms. The van der Waals surface area contributed by atoms with Gasteiger partial charge >= 0.3 is 0 Å². The molecule has 3 heterocycles. The highest BCUT2D eigenvalue weighted by atomic mass is 15.3. The summed E-state index contributed by atoms with van der Waals surface area (Å²) in [4.78, 5) is 8.65. The first-order valence-corrected chi connectivity index (χ1v) is 5.25. The average Bonchev–Trinajstić information content (AvgIpc) is 2.84. The van der Waals surface area contributed by atoms with Crippen LogP contribution in [0.2, 0.25) is 0 Å². The van der Waals surface area contributed by atoms with E-state index in [4.69, 9.17) is 5.73 Å². The summed E-state index contributed by atoms with van der Waals surface area (Å²) in [5, 5.41) is 4.22. The zero-order valence-corrected chi connectivity index (χ0v) is 9.62. The number of hydrogen-bond acceptors (Lipinski definition) is 4. The zero-order valence-electron chi connectivity index (χ0n) is 9.62. The van der Waals surface area contributed by atoms with Gasteiger partial charge in [0.1, 0.15) is 11.3 Å². The number of imidazole rings is 1. The van der Waals surface area contributed by atoms with Crippen molar-refractivity contribution in [1.29, 1.82) is 0 Å². The minimum atomic E-state index is 0.514. The van der Waals surface area contributed by atoms with E-state index in [9.17, 15) is 0 Å². The first kappa shape index (κ1) is 9.83. The van der Waals surface area contributed by atoms with Crippen molar-refractivity contribution in [3.8, 4) is 5.82 Å². The minimum Gasteiger partial charge on any atom is -0.382 e. The summed E-state index contributed by atoms with van der Waals surface area (Å²) < 4.78 is 3.61. The standard InChI is InChI=1S/C11H12N6/c1-7-5-17(15-10(7)12)11-9-8(3-4-13-11)16(2)6-14-9/h3-6H,1-2H3,(H2,12,15). The minimum absolute atomic E-state index is 0.514. The molecule has 6 nitrogen and oxygen atoms in total. The molecule has 0 saturated heterocycles. The van der Waals surface area contributed by atoms with E-state index in [1.165, 1.54) is 0 Å². The molecule has 0 amide bonds. The monoisotopic (exact) mass is 228 g/mol. The SMILES string of the molecule is Cc1cn(-c2nccc3c2ncn3C)nc1N. The van der Waals surface area contributed by atoms with Gasteiger partial charge in [0.25, 0.3) is 0 Å². The smallest absolute Gasteiger partial charge is 0.181 e. The summed E-state index contributed by atoms with van der Waals surface area (Å²) in [6.45, 7) is 1.91. The predicted molar refractivity (Wildman–Crippen MR) is 64.8 cm³/mol. The maximum Gasteiger partial charge on any atom is 0.181 e. The quantitative estimate of drug-likeness (QED) is 0.675. The summed E-state index contributed by atoms with van der Waals surface area (Å²) >= 11 is 0. The Balaban J connectivity index is 2.30. The molecule has 86 valence electrons. The molecular formula is C11H12N6. The topological polar surface area (TPSA) is 74.5 Å². The molecule has 0 atom stereocenters. The molecule has 0 radical (unpaired) electrons. The van der Waals surface area contributed by atoms with Gasteiger partial charge < -0.3 is 10.3 Å². The number of nitrogens with two attached hydrogens (primary N) is 1. The Morgan fingerprint density at radius 3 is 2.82 bits per heavy atom. The van der Waals surface area contributed by atoms with Crippen molar-refractivity contribution in [2.45, 2.75) is 6.92 Å². The van der Waals surface area contributed by atoms with Crippen molar-refractivity contribution in [2.24, 2.45) is 7.05 Å². The van der Waals surface area contributed by atoms with Crippen LogP contribution in [-0.4, -0.2) is 24.3 Å². The lowest BCUT2D eigenvalue weighted by atomic mass is 10.3. The van der Waals surface area contributed by atoms with Gasteiger partial charge in [0, 0.05) is 25.0 Å².